The van der Waals surface area contributed by atoms with Crippen LogP contribution in [0.15, 0.2) is 0 Å². The molecule has 6 heteroatoms. The topological polar surface area (TPSA) is 101 Å². The zero-order valence-electron chi connectivity index (χ0n) is 2.71. The fourth-order valence-electron chi connectivity index (χ4n) is 0. The third-order valence-corrected chi connectivity index (χ3v) is 0. The van der Waals surface area contributed by atoms with Crippen LogP contribution in [-0.2, 0) is 0 Å². The van der Waals surface area contributed by atoms with Crippen LogP contribution in [0.25, 0.3) is 0 Å². The third-order valence-electron chi connectivity index (χ3n) is 0. The predicted molar refractivity (Wildman–Crippen MR) is 15.4 cm³/mol. The third kappa shape index (κ3) is 266. The van der Waals surface area contributed by atoms with Crippen molar-refractivity contribution in [3.05, 3.63) is 15.3 Å². The molecule has 0 aliphatic carbocycles. The van der Waals surface area contributed by atoms with Gasteiger partial charge in [0, 0.05) is 38.6 Å². The molecule has 0 heterocycles. The summed E-state index contributed by atoms with van der Waals surface area (Å²) in [5.74, 6) is 0. The van der Waals surface area contributed by atoms with Gasteiger partial charge < -0.3 is 21.5 Å². The van der Waals surface area contributed by atoms with Crippen molar-refractivity contribution in [1.82, 2.24) is 6.15 Å². The first-order valence-electron chi connectivity index (χ1n) is 0.548. The Kier molecular flexibility index (Phi) is 24.3. The minimum Gasteiger partial charge on any atom is -0.356 e. The molecule has 0 aromatic rings. The molecular formula is H3N2O3Tb-. The van der Waals surface area contributed by atoms with E-state index < -0.39 is 5.09 Å². The Morgan fingerprint density at radius 3 is 1.33 bits per heavy atom. The summed E-state index contributed by atoms with van der Waals surface area (Å²) in [5.41, 5.74) is 0. The van der Waals surface area contributed by atoms with Gasteiger partial charge in [-0.25, -0.2) is 0 Å². The van der Waals surface area contributed by atoms with Gasteiger partial charge in [0.2, 0.25) is 0 Å². The zero-order valence-corrected chi connectivity index (χ0v) is 4.85. The van der Waals surface area contributed by atoms with Gasteiger partial charge in [-0.15, -0.1) is 0 Å². The Bertz CT molecular complexity index is 31.8. The molecule has 0 bridgehead atoms. The van der Waals surface area contributed by atoms with Gasteiger partial charge in [-0.1, -0.05) is 0 Å². The Balaban J connectivity index is -0.0000000450. The zero-order chi connectivity index (χ0) is 3.58. The number of rotatable bonds is 0. The summed E-state index contributed by atoms with van der Waals surface area (Å²) in [6.07, 6.45) is 0. The number of hydrogen-bond acceptors (Lipinski definition) is 4. The molecule has 5 nitrogen and oxygen atoms in total. The van der Waals surface area contributed by atoms with E-state index in [-0.39, 0.29) is 44.8 Å². The van der Waals surface area contributed by atoms with Gasteiger partial charge in [-0.2, -0.15) is 0 Å². The van der Waals surface area contributed by atoms with E-state index >= 15 is 0 Å². The molecule has 0 atom stereocenters. The maximum atomic E-state index is 8.25. The van der Waals surface area contributed by atoms with Crippen molar-refractivity contribution >= 4 is 0 Å². The van der Waals surface area contributed by atoms with Crippen molar-refractivity contribution in [2.24, 2.45) is 0 Å². The largest absolute Gasteiger partial charge is 0.356 e. The molecule has 0 fully saturated rings. The minimum atomic E-state index is -1.75. The van der Waals surface area contributed by atoms with Gasteiger partial charge in [0.15, 0.2) is 0 Å². The Hall–Kier alpha value is 0.446. The van der Waals surface area contributed by atoms with Crippen molar-refractivity contribution in [1.29, 1.82) is 0 Å². The Morgan fingerprint density at radius 2 is 1.33 bits per heavy atom. The summed E-state index contributed by atoms with van der Waals surface area (Å²) in [4.78, 5) is 8.25. The molecule has 0 spiro atoms. The van der Waals surface area contributed by atoms with E-state index in [1.54, 1.807) is 0 Å². The molecule has 0 aliphatic heterocycles. The SMILES string of the molecule is N.O=[N+]([O-])[O-].[Tb]. The summed E-state index contributed by atoms with van der Waals surface area (Å²) in [7, 11) is 0. The van der Waals surface area contributed by atoms with Gasteiger partial charge in [0.25, 0.3) is 0 Å². The van der Waals surface area contributed by atoms with Crippen LogP contribution in [0.2, 0.25) is 0 Å². The molecular weight excluding hydrogens is 235 g/mol. The van der Waals surface area contributed by atoms with E-state index in [1.807, 2.05) is 0 Å². The average molecular weight is 238 g/mol. The summed E-state index contributed by atoms with van der Waals surface area (Å²) >= 11 is 0. The molecule has 0 saturated heterocycles. The van der Waals surface area contributed by atoms with E-state index in [4.69, 9.17) is 15.3 Å². The van der Waals surface area contributed by atoms with Crippen LogP contribution in [0.5, 0.6) is 0 Å². The van der Waals surface area contributed by atoms with Crippen molar-refractivity contribution in [2.45, 2.75) is 0 Å². The Labute approximate surface area is 64.8 Å². The first-order valence-corrected chi connectivity index (χ1v) is 0.548. The minimum absolute atomic E-state index is 0. The second-order valence-electron chi connectivity index (χ2n) is 0.224. The van der Waals surface area contributed by atoms with E-state index in [9.17, 15) is 0 Å². The maximum Gasteiger partial charge on any atom is 0.0689 e. The average Bonchev–Trinajstić information content (AvgIpc) is 0.811. The monoisotopic (exact) mass is 238 g/mol. The first-order chi connectivity index (χ1) is 1.73. The first kappa shape index (κ1) is 16.1. The smallest absolute Gasteiger partial charge is 0.0689 e. The van der Waals surface area contributed by atoms with Crippen LogP contribution >= 0.6 is 0 Å². The number of hydrogen-bond donors (Lipinski definition) is 1. The second-order valence-corrected chi connectivity index (χ2v) is 0.224. The maximum absolute atomic E-state index is 8.25. The van der Waals surface area contributed by atoms with Crippen LogP contribution in [-0.4, -0.2) is 5.09 Å². The van der Waals surface area contributed by atoms with Gasteiger partial charge in [0.05, 0.1) is 5.09 Å². The Morgan fingerprint density at radius 1 is 1.33 bits per heavy atom. The van der Waals surface area contributed by atoms with Gasteiger partial charge in [-0.05, 0) is 0 Å². The van der Waals surface area contributed by atoms with Crippen molar-refractivity contribution < 1.29 is 43.7 Å². The molecule has 0 unspecified atom stereocenters. The molecule has 0 aliphatic rings. The molecule has 0 saturated carbocycles. The van der Waals surface area contributed by atoms with Gasteiger partial charge in [0.1, 0.15) is 0 Å². The number of nitrogens with zero attached hydrogens (tertiary/aromatic N) is 1. The summed E-state index contributed by atoms with van der Waals surface area (Å²) in [6.45, 7) is 0. The molecule has 0 aromatic heterocycles. The van der Waals surface area contributed by atoms with Crippen LogP contribution in [0.4, 0.5) is 0 Å². The molecule has 0 amide bonds. The molecule has 0 rings (SSSR count). The van der Waals surface area contributed by atoms with Crippen LogP contribution < -0.4 is 6.15 Å². The quantitative estimate of drug-likeness (QED) is 0.471. The standard InChI is InChI=1S/NO3.H3N.Tb/c2-1(3)4;;/h;1H3;/q-1;;. The summed E-state index contributed by atoms with van der Waals surface area (Å²) < 4.78 is 0. The van der Waals surface area contributed by atoms with Gasteiger partial charge in [-0.3, -0.25) is 0 Å². The fraction of sp³-hybridized carbons (Fsp3) is 0. The van der Waals surface area contributed by atoms with Gasteiger partial charge >= 0.3 is 0 Å². The molecule has 6 heavy (non-hydrogen) atoms. The molecule has 0 aromatic carbocycles. The van der Waals surface area contributed by atoms with Crippen molar-refractivity contribution in [2.75, 3.05) is 0 Å². The van der Waals surface area contributed by atoms with Crippen molar-refractivity contribution in [3.63, 3.8) is 0 Å². The predicted octanol–water partition coefficient (Wildman–Crippen LogP) is -0.0771. The summed E-state index contributed by atoms with van der Waals surface area (Å²) in [5, 5.41) is 14.8. The normalized spacial score (nSPS) is 4.00. The van der Waals surface area contributed by atoms with E-state index in [1.165, 1.54) is 0 Å². The van der Waals surface area contributed by atoms with Crippen LogP contribution in [0.3, 0.4) is 0 Å². The van der Waals surface area contributed by atoms with Crippen LogP contribution in [0.1, 0.15) is 0 Å². The van der Waals surface area contributed by atoms with Crippen LogP contribution in [0, 0.1) is 53.9 Å². The van der Waals surface area contributed by atoms with E-state index in [0.29, 0.717) is 0 Å². The van der Waals surface area contributed by atoms with Crippen molar-refractivity contribution in [3.8, 4) is 0 Å². The molecule has 41 valence electrons. The molecule has 3 N–H and O–H groups in total. The second kappa shape index (κ2) is 9.07. The van der Waals surface area contributed by atoms with E-state index in [0.717, 1.165) is 0 Å². The van der Waals surface area contributed by atoms with E-state index in [2.05, 4.69) is 0 Å². The molecule has 1 radical (unpaired) electrons. The fourth-order valence-corrected chi connectivity index (χ4v) is 0. The summed E-state index contributed by atoms with van der Waals surface area (Å²) in [6, 6.07) is 0.